The molecule has 0 aliphatic rings. The average Bonchev–Trinajstić information content (AvgIpc) is 2.88. The number of anilines is 1. The predicted molar refractivity (Wildman–Crippen MR) is 97.3 cm³/mol. The van der Waals surface area contributed by atoms with Crippen LogP contribution < -0.4 is 16.2 Å². The normalized spacial score (nSPS) is 10.8. The maximum absolute atomic E-state index is 12.0. The number of benzene rings is 1. The van der Waals surface area contributed by atoms with Gasteiger partial charge in [-0.2, -0.15) is 0 Å². The van der Waals surface area contributed by atoms with Crippen LogP contribution in [0.15, 0.2) is 16.9 Å². The highest BCUT2D eigenvalue weighted by Gasteiger charge is 2.15. The molecule has 0 unspecified atom stereocenters. The molecule has 26 heavy (non-hydrogen) atoms. The molecule has 10 heteroatoms. The number of rotatable bonds is 9. The number of aromatic hydroxyl groups is 1. The van der Waals surface area contributed by atoms with Crippen molar-refractivity contribution in [2.45, 2.75) is 38.5 Å². The van der Waals surface area contributed by atoms with Crippen molar-refractivity contribution < 1.29 is 25.0 Å². The van der Waals surface area contributed by atoms with Crippen molar-refractivity contribution in [2.24, 2.45) is 0 Å². The van der Waals surface area contributed by atoms with Gasteiger partial charge in [0.15, 0.2) is 5.75 Å². The first kappa shape index (κ1) is 19.6. The van der Waals surface area contributed by atoms with Crippen molar-refractivity contribution in [1.82, 2.24) is 9.44 Å². The fourth-order valence-electron chi connectivity index (χ4n) is 2.51. The molecule has 1 aromatic carbocycles. The summed E-state index contributed by atoms with van der Waals surface area (Å²) in [4.78, 5) is 33.9. The molecule has 142 valence electrons. The van der Waals surface area contributed by atoms with Crippen molar-refractivity contribution in [2.75, 3.05) is 11.9 Å². The molecule has 1 heterocycles. The molecule has 0 aliphatic carbocycles. The molecule has 0 saturated heterocycles. The SMILES string of the molecule is O=C(O)NCCCCCCCC(=O)Nc1ccc2c(=O)n(O)sc2c1O. The Hall–Kier alpha value is -2.75. The minimum Gasteiger partial charge on any atom is -0.504 e. The number of fused-ring (bicyclic) bond motifs is 1. The lowest BCUT2D eigenvalue weighted by atomic mass is 10.1. The van der Waals surface area contributed by atoms with E-state index in [1.54, 1.807) is 0 Å². The maximum Gasteiger partial charge on any atom is 0.404 e. The van der Waals surface area contributed by atoms with Gasteiger partial charge in [0.05, 0.1) is 11.1 Å². The van der Waals surface area contributed by atoms with Gasteiger partial charge in [0.25, 0.3) is 0 Å². The fourth-order valence-corrected chi connectivity index (χ4v) is 3.32. The average molecular weight is 383 g/mol. The maximum atomic E-state index is 12.0. The van der Waals surface area contributed by atoms with E-state index < -0.39 is 11.7 Å². The van der Waals surface area contributed by atoms with Crippen molar-refractivity contribution >= 4 is 39.3 Å². The van der Waals surface area contributed by atoms with Crippen LogP contribution in [0.4, 0.5) is 10.5 Å². The molecule has 2 aromatic rings. The van der Waals surface area contributed by atoms with Crippen LogP contribution in [0.2, 0.25) is 0 Å². The summed E-state index contributed by atoms with van der Waals surface area (Å²) in [6.07, 6.45) is 3.36. The first-order valence-corrected chi connectivity index (χ1v) is 9.01. The van der Waals surface area contributed by atoms with Crippen LogP contribution in [0.1, 0.15) is 38.5 Å². The number of aromatic nitrogens is 1. The van der Waals surface area contributed by atoms with Gasteiger partial charge in [-0.25, -0.2) is 4.79 Å². The number of amides is 2. The Morgan fingerprint density at radius 3 is 2.54 bits per heavy atom. The lowest BCUT2D eigenvalue weighted by Gasteiger charge is -2.07. The highest BCUT2D eigenvalue weighted by Crippen LogP contribution is 2.34. The fraction of sp³-hybridized carbons (Fsp3) is 0.438. The molecular formula is C16H21N3O6S. The van der Waals surface area contributed by atoms with E-state index in [0.29, 0.717) is 35.0 Å². The van der Waals surface area contributed by atoms with Gasteiger partial charge in [-0.05, 0) is 36.5 Å². The van der Waals surface area contributed by atoms with Crippen LogP contribution in [-0.4, -0.2) is 38.1 Å². The summed E-state index contributed by atoms with van der Waals surface area (Å²) < 4.78 is 0.646. The van der Waals surface area contributed by atoms with E-state index in [0.717, 1.165) is 25.7 Å². The number of carbonyl (C=O) groups excluding carboxylic acids is 1. The van der Waals surface area contributed by atoms with Gasteiger partial charge in [-0.1, -0.05) is 23.4 Å². The summed E-state index contributed by atoms with van der Waals surface area (Å²) in [6, 6.07) is 2.88. The Labute approximate surface area is 153 Å². The van der Waals surface area contributed by atoms with Crippen molar-refractivity contribution in [3.63, 3.8) is 0 Å². The first-order valence-electron chi connectivity index (χ1n) is 8.24. The molecule has 0 fully saturated rings. The van der Waals surface area contributed by atoms with Gasteiger partial charge in [0.2, 0.25) is 5.91 Å². The third kappa shape index (κ3) is 5.12. The summed E-state index contributed by atoms with van der Waals surface area (Å²) in [5.41, 5.74) is -0.416. The largest absolute Gasteiger partial charge is 0.504 e. The summed E-state index contributed by atoms with van der Waals surface area (Å²) in [5, 5.41) is 33.0. The number of nitrogens with zero attached hydrogens (tertiary/aromatic N) is 1. The molecule has 0 radical (unpaired) electrons. The number of unbranched alkanes of at least 4 members (excludes halogenated alkanes) is 4. The van der Waals surface area contributed by atoms with Crippen LogP contribution >= 0.6 is 11.5 Å². The zero-order chi connectivity index (χ0) is 19.1. The first-order chi connectivity index (χ1) is 12.4. The molecule has 5 N–H and O–H groups in total. The van der Waals surface area contributed by atoms with E-state index in [1.165, 1.54) is 12.1 Å². The molecule has 2 rings (SSSR count). The number of carbonyl (C=O) groups is 2. The molecule has 2 amide bonds. The highest BCUT2D eigenvalue weighted by atomic mass is 32.1. The summed E-state index contributed by atoms with van der Waals surface area (Å²) in [6.45, 7) is 0.430. The minimum absolute atomic E-state index is 0.186. The van der Waals surface area contributed by atoms with Gasteiger partial charge in [-0.3, -0.25) is 9.59 Å². The lowest BCUT2D eigenvalue weighted by molar-refractivity contribution is -0.116. The zero-order valence-electron chi connectivity index (χ0n) is 14.0. The van der Waals surface area contributed by atoms with Crippen molar-refractivity contribution in [3.05, 3.63) is 22.5 Å². The van der Waals surface area contributed by atoms with Gasteiger partial charge in [0.1, 0.15) is 4.70 Å². The zero-order valence-corrected chi connectivity index (χ0v) is 14.8. The lowest BCUT2D eigenvalue weighted by Crippen LogP contribution is -2.21. The summed E-state index contributed by atoms with van der Waals surface area (Å²) in [5.74, 6) is -0.486. The summed E-state index contributed by atoms with van der Waals surface area (Å²) in [7, 11) is 0. The molecule has 0 spiro atoms. The Balaban J connectivity index is 1.74. The van der Waals surface area contributed by atoms with Crippen LogP contribution in [0.3, 0.4) is 0 Å². The Kier molecular flexibility index (Phi) is 6.84. The number of phenols is 1. The van der Waals surface area contributed by atoms with E-state index in [4.69, 9.17) is 5.11 Å². The van der Waals surface area contributed by atoms with Crippen LogP contribution in [-0.2, 0) is 4.79 Å². The number of nitrogens with one attached hydrogen (secondary N) is 2. The third-order valence-electron chi connectivity index (χ3n) is 3.84. The molecular weight excluding hydrogens is 362 g/mol. The van der Waals surface area contributed by atoms with E-state index in [9.17, 15) is 24.7 Å². The Morgan fingerprint density at radius 2 is 1.81 bits per heavy atom. The number of hydrogen-bond donors (Lipinski definition) is 5. The summed E-state index contributed by atoms with van der Waals surface area (Å²) >= 11 is 0.696. The molecule has 0 aliphatic heterocycles. The monoisotopic (exact) mass is 383 g/mol. The highest BCUT2D eigenvalue weighted by molar-refractivity contribution is 7.14. The van der Waals surface area contributed by atoms with E-state index in [2.05, 4.69) is 10.6 Å². The van der Waals surface area contributed by atoms with Crippen LogP contribution in [0.25, 0.3) is 10.1 Å². The number of hydrogen-bond acceptors (Lipinski definition) is 6. The van der Waals surface area contributed by atoms with E-state index in [1.807, 2.05) is 0 Å². The predicted octanol–water partition coefficient (Wildman–Crippen LogP) is 2.55. The molecule has 9 nitrogen and oxygen atoms in total. The van der Waals surface area contributed by atoms with Gasteiger partial charge >= 0.3 is 11.7 Å². The van der Waals surface area contributed by atoms with Crippen molar-refractivity contribution in [1.29, 1.82) is 0 Å². The quantitative estimate of drug-likeness (QED) is 0.256. The Bertz CT molecular complexity index is 844. The third-order valence-corrected chi connectivity index (χ3v) is 4.78. The smallest absolute Gasteiger partial charge is 0.404 e. The second-order valence-corrected chi connectivity index (χ2v) is 6.74. The number of carboxylic acid groups (broad SMARTS) is 1. The van der Waals surface area contributed by atoms with Gasteiger partial charge < -0.3 is 26.1 Å². The Morgan fingerprint density at radius 1 is 1.12 bits per heavy atom. The molecule has 0 saturated carbocycles. The second kappa shape index (κ2) is 9.09. The van der Waals surface area contributed by atoms with E-state index >= 15 is 0 Å². The van der Waals surface area contributed by atoms with Crippen molar-refractivity contribution in [3.8, 4) is 5.75 Å². The molecule has 1 aromatic heterocycles. The van der Waals surface area contributed by atoms with Crippen LogP contribution in [0.5, 0.6) is 5.75 Å². The standard InChI is InChI=1S/C16H21N3O6S/c20-12(6-4-2-1-3-5-9-17-16(23)24)18-11-8-7-10-14(13(11)21)26-19(25)15(10)22/h7-8,17,21,25H,1-6,9H2,(H,18,20)(H,23,24). The van der Waals surface area contributed by atoms with Crippen LogP contribution in [0, 0.1) is 0 Å². The second-order valence-electron chi connectivity index (χ2n) is 5.81. The molecule has 0 atom stereocenters. The van der Waals surface area contributed by atoms with Gasteiger partial charge in [0, 0.05) is 13.0 Å². The molecule has 0 bridgehead atoms. The topological polar surface area (TPSA) is 141 Å². The van der Waals surface area contributed by atoms with Gasteiger partial charge in [-0.15, -0.1) is 0 Å². The minimum atomic E-state index is -1.02. The number of phenolic OH excluding ortho intramolecular Hbond substituents is 1. The van der Waals surface area contributed by atoms with E-state index in [-0.39, 0.29) is 27.4 Å².